The van der Waals surface area contributed by atoms with E-state index in [0.717, 1.165) is 69.5 Å². The highest BCUT2D eigenvalue weighted by molar-refractivity contribution is 5.92. The van der Waals surface area contributed by atoms with Crippen LogP contribution < -0.4 is 4.90 Å². The fourth-order valence-electron chi connectivity index (χ4n) is 4.78. The lowest BCUT2D eigenvalue weighted by Gasteiger charge is -2.33. The molecule has 0 bridgehead atoms. The van der Waals surface area contributed by atoms with Crippen LogP contribution in [0.1, 0.15) is 63.9 Å². The Morgan fingerprint density at radius 3 is 2.26 bits per heavy atom. The van der Waals surface area contributed by atoms with E-state index >= 15 is 0 Å². The highest BCUT2D eigenvalue weighted by Crippen LogP contribution is 2.24. The minimum Gasteiger partial charge on any atom is -0.396 e. The van der Waals surface area contributed by atoms with Crippen LogP contribution in [-0.4, -0.2) is 66.1 Å². The Balaban J connectivity index is 1.74. The van der Waals surface area contributed by atoms with Crippen molar-refractivity contribution >= 4 is 17.5 Å². The Hall–Kier alpha value is -1.92. The number of carbonyl (C=O) groups is 2. The van der Waals surface area contributed by atoms with Gasteiger partial charge in [0.15, 0.2) is 0 Å². The molecule has 0 aliphatic carbocycles. The summed E-state index contributed by atoms with van der Waals surface area (Å²) in [6.45, 7) is 6.10. The molecule has 1 aromatic rings. The third kappa shape index (κ3) is 7.04. The number of carbonyl (C=O) groups excluding carboxylic acids is 2. The van der Waals surface area contributed by atoms with Crippen molar-refractivity contribution in [3.63, 3.8) is 0 Å². The Bertz CT molecular complexity index is 716. The summed E-state index contributed by atoms with van der Waals surface area (Å²) in [5.41, 5.74) is 2.10. The van der Waals surface area contributed by atoms with Crippen molar-refractivity contribution in [1.29, 1.82) is 0 Å². The summed E-state index contributed by atoms with van der Waals surface area (Å²) in [4.78, 5) is 31.6. The molecule has 0 saturated carbocycles. The molecular weight excluding hydrogens is 390 g/mol. The second kappa shape index (κ2) is 12.2. The fourth-order valence-corrected chi connectivity index (χ4v) is 4.78. The molecule has 0 aromatic heterocycles. The number of nitrogens with zero attached hydrogens (tertiary/aromatic N) is 3. The van der Waals surface area contributed by atoms with Crippen LogP contribution in [0.2, 0.25) is 0 Å². The van der Waals surface area contributed by atoms with Crippen LogP contribution in [0.5, 0.6) is 0 Å². The summed E-state index contributed by atoms with van der Waals surface area (Å²) in [5, 5.41) is 9.36. The first-order chi connectivity index (χ1) is 15.1. The first-order valence-electron chi connectivity index (χ1n) is 12.1. The van der Waals surface area contributed by atoms with Gasteiger partial charge in [0.25, 0.3) is 0 Å². The number of likely N-dealkylation sites (tertiary alicyclic amines) is 1. The molecule has 1 fully saturated rings. The molecule has 2 aliphatic rings. The number of fused-ring (bicyclic) bond motifs is 1. The number of rotatable bonds is 3. The molecule has 0 atom stereocenters. The van der Waals surface area contributed by atoms with Crippen LogP contribution in [-0.2, 0) is 16.1 Å². The number of piperidine rings is 1. The number of amides is 2. The largest absolute Gasteiger partial charge is 0.396 e. The van der Waals surface area contributed by atoms with E-state index in [1.807, 2.05) is 28.0 Å². The van der Waals surface area contributed by atoms with E-state index in [0.29, 0.717) is 19.0 Å². The Kier molecular flexibility index (Phi) is 9.34. The lowest BCUT2D eigenvalue weighted by Crippen LogP contribution is -2.44. The van der Waals surface area contributed by atoms with Crippen molar-refractivity contribution in [1.82, 2.24) is 9.80 Å². The lowest BCUT2D eigenvalue weighted by atomic mass is 9.98. The summed E-state index contributed by atoms with van der Waals surface area (Å²) in [6.07, 6.45) is 8.65. The molecule has 6 heteroatoms. The zero-order valence-electron chi connectivity index (χ0n) is 19.1. The van der Waals surface area contributed by atoms with Crippen LogP contribution >= 0.6 is 0 Å². The maximum Gasteiger partial charge on any atom is 0.236 e. The molecule has 1 saturated heterocycles. The molecule has 3 rings (SSSR count). The second-order valence-electron chi connectivity index (χ2n) is 9.14. The number of para-hydroxylation sites is 1. The first-order valence-corrected chi connectivity index (χ1v) is 12.1. The van der Waals surface area contributed by atoms with Crippen molar-refractivity contribution < 1.29 is 14.7 Å². The van der Waals surface area contributed by atoms with Gasteiger partial charge in [-0.25, -0.2) is 0 Å². The first kappa shape index (κ1) is 23.7. The van der Waals surface area contributed by atoms with E-state index in [2.05, 4.69) is 11.0 Å². The van der Waals surface area contributed by atoms with Gasteiger partial charge in [0, 0.05) is 45.4 Å². The van der Waals surface area contributed by atoms with Gasteiger partial charge in [0.05, 0.1) is 6.54 Å². The van der Waals surface area contributed by atoms with Gasteiger partial charge < -0.3 is 14.9 Å². The summed E-state index contributed by atoms with van der Waals surface area (Å²) >= 11 is 0. The minimum absolute atomic E-state index is 0.0803. The maximum absolute atomic E-state index is 13.0. The molecular formula is C25H39N3O3. The van der Waals surface area contributed by atoms with E-state index in [-0.39, 0.29) is 18.4 Å². The highest BCUT2D eigenvalue weighted by atomic mass is 16.3. The normalized spacial score (nSPS) is 20.3. The molecule has 1 aromatic carbocycles. The third-order valence-corrected chi connectivity index (χ3v) is 6.75. The monoisotopic (exact) mass is 429 g/mol. The smallest absolute Gasteiger partial charge is 0.236 e. The van der Waals surface area contributed by atoms with Gasteiger partial charge in [0.2, 0.25) is 11.8 Å². The summed E-state index contributed by atoms with van der Waals surface area (Å²) in [7, 11) is 0. The average molecular weight is 430 g/mol. The van der Waals surface area contributed by atoms with Crippen LogP contribution in [0.4, 0.5) is 5.69 Å². The summed E-state index contributed by atoms with van der Waals surface area (Å²) < 4.78 is 0. The number of benzene rings is 1. The van der Waals surface area contributed by atoms with E-state index in [1.165, 1.54) is 19.3 Å². The van der Waals surface area contributed by atoms with Gasteiger partial charge in [-0.3, -0.25) is 14.5 Å². The molecule has 2 aliphatic heterocycles. The molecule has 2 heterocycles. The van der Waals surface area contributed by atoms with Crippen molar-refractivity contribution in [2.24, 2.45) is 5.92 Å². The fraction of sp³-hybridized carbons (Fsp3) is 0.680. The Labute approximate surface area is 187 Å². The SMILES string of the molecule is CC(=O)N1CCCCCCCCN(CC(=O)N2CCC(CO)CC2)Cc2ccccc21. The number of aliphatic hydroxyl groups excluding tert-OH is 1. The van der Waals surface area contributed by atoms with E-state index in [1.54, 1.807) is 6.92 Å². The number of hydrogen-bond donors (Lipinski definition) is 1. The molecule has 0 unspecified atom stereocenters. The summed E-state index contributed by atoms with van der Waals surface area (Å²) in [5.74, 6) is 0.595. The van der Waals surface area contributed by atoms with E-state index in [4.69, 9.17) is 0 Å². The van der Waals surface area contributed by atoms with Crippen LogP contribution in [0, 0.1) is 5.92 Å². The molecule has 6 nitrogen and oxygen atoms in total. The van der Waals surface area contributed by atoms with Crippen molar-refractivity contribution in [3.05, 3.63) is 29.8 Å². The van der Waals surface area contributed by atoms with Crippen molar-refractivity contribution in [3.8, 4) is 0 Å². The third-order valence-electron chi connectivity index (χ3n) is 6.75. The van der Waals surface area contributed by atoms with Gasteiger partial charge in [-0.1, -0.05) is 43.9 Å². The lowest BCUT2D eigenvalue weighted by molar-refractivity contribution is -0.134. The van der Waals surface area contributed by atoms with Gasteiger partial charge in [-0.15, -0.1) is 0 Å². The predicted octanol–water partition coefficient (Wildman–Crippen LogP) is 3.43. The van der Waals surface area contributed by atoms with Crippen molar-refractivity contribution in [2.75, 3.05) is 44.2 Å². The van der Waals surface area contributed by atoms with E-state index < -0.39 is 0 Å². The number of hydrogen-bond acceptors (Lipinski definition) is 4. The van der Waals surface area contributed by atoms with Crippen molar-refractivity contribution in [2.45, 2.75) is 64.8 Å². The zero-order chi connectivity index (χ0) is 22.1. The number of aliphatic hydroxyl groups is 1. The second-order valence-corrected chi connectivity index (χ2v) is 9.14. The zero-order valence-corrected chi connectivity index (χ0v) is 19.1. The van der Waals surface area contributed by atoms with Gasteiger partial charge in [0.1, 0.15) is 0 Å². The van der Waals surface area contributed by atoms with Crippen LogP contribution in [0.15, 0.2) is 24.3 Å². The van der Waals surface area contributed by atoms with E-state index in [9.17, 15) is 14.7 Å². The Morgan fingerprint density at radius 2 is 1.58 bits per heavy atom. The molecule has 0 radical (unpaired) electrons. The highest BCUT2D eigenvalue weighted by Gasteiger charge is 2.24. The summed E-state index contributed by atoms with van der Waals surface area (Å²) in [6, 6.07) is 8.15. The molecule has 2 amide bonds. The van der Waals surface area contributed by atoms with Crippen LogP contribution in [0.25, 0.3) is 0 Å². The molecule has 172 valence electrons. The minimum atomic E-state index is 0.0803. The van der Waals surface area contributed by atoms with Gasteiger partial charge in [-0.05, 0) is 49.8 Å². The topological polar surface area (TPSA) is 64.1 Å². The van der Waals surface area contributed by atoms with Crippen LogP contribution in [0.3, 0.4) is 0 Å². The standard InChI is InChI=1S/C25H39N3O3/c1-21(30)28-15-9-5-3-2-4-8-14-26(18-23-10-6-7-11-24(23)28)19-25(31)27-16-12-22(20-29)13-17-27/h6-7,10-11,22,29H,2-5,8-9,12-20H2,1H3. The molecule has 0 spiro atoms. The number of anilines is 1. The molecule has 1 N–H and O–H groups in total. The quantitative estimate of drug-likeness (QED) is 0.800. The Morgan fingerprint density at radius 1 is 0.935 bits per heavy atom. The average Bonchev–Trinajstić information content (AvgIpc) is 2.79. The van der Waals surface area contributed by atoms with Gasteiger partial charge in [-0.2, -0.15) is 0 Å². The molecule has 31 heavy (non-hydrogen) atoms. The predicted molar refractivity (Wildman–Crippen MR) is 124 cm³/mol. The van der Waals surface area contributed by atoms with Gasteiger partial charge >= 0.3 is 0 Å². The maximum atomic E-state index is 13.0.